The van der Waals surface area contributed by atoms with Crippen molar-refractivity contribution in [1.29, 1.82) is 0 Å². The van der Waals surface area contributed by atoms with Crippen LogP contribution in [0.15, 0.2) is 103 Å². The van der Waals surface area contributed by atoms with Gasteiger partial charge in [0.2, 0.25) is 0 Å². The Morgan fingerprint density at radius 1 is 0.522 bits per heavy atom. The van der Waals surface area contributed by atoms with Gasteiger partial charge in [0.25, 0.3) is 0 Å². The molecule has 7 heteroatoms. The third kappa shape index (κ3) is 5.81. The van der Waals surface area contributed by atoms with Crippen molar-refractivity contribution >= 4 is 32.3 Å². The number of fused-ring (bicyclic) bond motifs is 3. The van der Waals surface area contributed by atoms with E-state index in [9.17, 15) is 0 Å². The molecule has 3 aliphatic heterocycles. The summed E-state index contributed by atoms with van der Waals surface area (Å²) in [6.45, 7) is 3.86. The number of benzene rings is 6. The zero-order valence-corrected chi connectivity index (χ0v) is 25.1. The second-order valence-electron chi connectivity index (χ2n) is 12.1. The van der Waals surface area contributed by atoms with Crippen LogP contribution < -0.4 is 18.9 Å². The highest BCUT2D eigenvalue weighted by Crippen LogP contribution is 2.41. The van der Waals surface area contributed by atoms with Crippen molar-refractivity contribution in [1.82, 2.24) is 0 Å². The summed E-state index contributed by atoms with van der Waals surface area (Å²) < 4.78 is 40.9. The molecule has 0 radical (unpaired) electrons. The highest BCUT2D eigenvalue weighted by molar-refractivity contribution is 6.02. The topological polar surface area (TPSA) is 71.2 Å². The molecule has 0 aromatic heterocycles. The fraction of sp³-hybridized carbons (Fsp3) is 0.231. The minimum absolute atomic E-state index is 0.120. The van der Waals surface area contributed by atoms with Crippen molar-refractivity contribution in [3.05, 3.63) is 103 Å². The van der Waals surface area contributed by atoms with Gasteiger partial charge in [-0.3, -0.25) is 0 Å². The fourth-order valence-electron chi connectivity index (χ4n) is 5.88. The van der Waals surface area contributed by atoms with Crippen LogP contribution in [0.4, 0.5) is 0 Å². The van der Waals surface area contributed by atoms with Crippen LogP contribution in [0.5, 0.6) is 28.7 Å². The van der Waals surface area contributed by atoms with Crippen molar-refractivity contribution in [2.75, 3.05) is 39.6 Å². The molecule has 3 heterocycles. The monoisotopic (exact) mass is 612 g/mol. The molecule has 7 nitrogen and oxygen atoms in total. The largest absolute Gasteiger partial charge is 0.491 e. The summed E-state index contributed by atoms with van der Waals surface area (Å²) in [5, 5.41) is 6.55. The normalized spacial score (nSPS) is 18.8. The summed E-state index contributed by atoms with van der Waals surface area (Å²) in [6.07, 6.45) is 0.471. The SMILES string of the molecule is c1cc2ccc(-c3c(OCC4CO4)ccc4ccc(Oc5ccc6ccc(OC7COC7)cc6c5)cc34)cc2cc1OCC1CO1. The standard InChI is InChI=1S/C39H32O7/c1-2-27(13-28-14-30(8-3-24(1)28)41-20-34-21-42-34)39-37-17-33(11-6-26(37)7-12-38(39)44-23-35-22-43-35)45-31-9-4-25-5-10-32(16-29(25)15-31)46-36-18-40-19-36/h1-17,34-36H,18-23H2. The maximum Gasteiger partial charge on any atom is 0.145 e. The number of ether oxygens (including phenoxy) is 7. The van der Waals surface area contributed by atoms with Crippen LogP contribution in [0.2, 0.25) is 0 Å². The van der Waals surface area contributed by atoms with Crippen molar-refractivity contribution in [2.24, 2.45) is 0 Å². The van der Waals surface area contributed by atoms with E-state index in [0.717, 1.165) is 85.4 Å². The predicted octanol–water partition coefficient (Wildman–Crippen LogP) is 7.94. The average molecular weight is 613 g/mol. The quantitative estimate of drug-likeness (QED) is 0.138. The maximum atomic E-state index is 6.48. The Bertz CT molecular complexity index is 2080. The van der Waals surface area contributed by atoms with E-state index in [4.69, 9.17) is 33.2 Å². The van der Waals surface area contributed by atoms with Gasteiger partial charge < -0.3 is 33.2 Å². The van der Waals surface area contributed by atoms with E-state index < -0.39 is 0 Å². The molecule has 2 atom stereocenters. The number of hydrogen-bond donors (Lipinski definition) is 0. The molecule has 9 rings (SSSR count). The Labute approximate surface area is 266 Å². The first-order valence-electron chi connectivity index (χ1n) is 15.8. The van der Waals surface area contributed by atoms with Crippen molar-refractivity contribution in [3.63, 3.8) is 0 Å². The Kier molecular flexibility index (Phi) is 6.88. The van der Waals surface area contributed by atoms with Gasteiger partial charge >= 0.3 is 0 Å². The van der Waals surface area contributed by atoms with Gasteiger partial charge in [-0.1, -0.05) is 42.5 Å². The van der Waals surface area contributed by atoms with Gasteiger partial charge in [-0.25, -0.2) is 0 Å². The first kappa shape index (κ1) is 27.5. The molecular weight excluding hydrogens is 580 g/mol. The lowest BCUT2D eigenvalue weighted by Crippen LogP contribution is -2.38. The smallest absolute Gasteiger partial charge is 0.145 e. The zero-order valence-electron chi connectivity index (χ0n) is 25.1. The molecule has 6 aromatic carbocycles. The van der Waals surface area contributed by atoms with Crippen molar-refractivity contribution in [3.8, 4) is 39.9 Å². The Morgan fingerprint density at radius 3 is 1.85 bits per heavy atom. The van der Waals surface area contributed by atoms with E-state index in [1.807, 2.05) is 24.3 Å². The van der Waals surface area contributed by atoms with Crippen molar-refractivity contribution in [2.45, 2.75) is 18.3 Å². The van der Waals surface area contributed by atoms with Crippen LogP contribution in [0, 0.1) is 0 Å². The van der Waals surface area contributed by atoms with Gasteiger partial charge in [0.15, 0.2) is 0 Å². The van der Waals surface area contributed by atoms with Crippen LogP contribution in [0.1, 0.15) is 0 Å². The lowest BCUT2D eigenvalue weighted by Gasteiger charge is -2.26. The zero-order chi connectivity index (χ0) is 30.5. The van der Waals surface area contributed by atoms with Gasteiger partial charge in [0.1, 0.15) is 60.3 Å². The molecule has 0 saturated carbocycles. The molecule has 0 aliphatic carbocycles. The third-order valence-corrected chi connectivity index (χ3v) is 8.65. The molecule has 0 spiro atoms. The summed E-state index contributed by atoms with van der Waals surface area (Å²) in [6, 6.07) is 35.3. The van der Waals surface area contributed by atoms with Gasteiger partial charge in [0.05, 0.1) is 26.4 Å². The molecule has 230 valence electrons. The minimum atomic E-state index is 0.120. The first-order valence-corrected chi connectivity index (χ1v) is 15.8. The van der Waals surface area contributed by atoms with Crippen LogP contribution in [-0.4, -0.2) is 58.0 Å². The molecular formula is C39H32O7. The summed E-state index contributed by atoms with van der Waals surface area (Å²) in [5.74, 6) is 3.98. The van der Waals surface area contributed by atoms with E-state index in [-0.39, 0.29) is 18.3 Å². The van der Waals surface area contributed by atoms with E-state index in [1.54, 1.807) is 0 Å². The molecule has 0 amide bonds. The highest BCUT2D eigenvalue weighted by Gasteiger charge is 2.25. The Balaban J connectivity index is 1.07. The Hall–Kier alpha value is -4.82. The minimum Gasteiger partial charge on any atom is -0.491 e. The number of rotatable bonds is 11. The lowest BCUT2D eigenvalue weighted by atomic mass is 9.95. The molecule has 0 bridgehead atoms. The van der Waals surface area contributed by atoms with Gasteiger partial charge in [-0.15, -0.1) is 0 Å². The molecule has 6 aromatic rings. The maximum absolute atomic E-state index is 6.48. The van der Waals surface area contributed by atoms with E-state index in [0.29, 0.717) is 26.4 Å². The van der Waals surface area contributed by atoms with Crippen LogP contribution in [0.25, 0.3) is 43.4 Å². The van der Waals surface area contributed by atoms with Crippen LogP contribution >= 0.6 is 0 Å². The summed E-state index contributed by atoms with van der Waals surface area (Å²) in [7, 11) is 0. The van der Waals surface area contributed by atoms with E-state index in [2.05, 4.69) is 78.9 Å². The lowest BCUT2D eigenvalue weighted by molar-refractivity contribution is -0.0796. The third-order valence-electron chi connectivity index (χ3n) is 8.65. The van der Waals surface area contributed by atoms with Gasteiger partial charge in [-0.05, 0) is 98.5 Å². The molecule has 2 unspecified atom stereocenters. The molecule has 3 fully saturated rings. The Morgan fingerprint density at radius 2 is 1.11 bits per heavy atom. The highest BCUT2D eigenvalue weighted by atomic mass is 16.6. The second kappa shape index (κ2) is 11.5. The van der Waals surface area contributed by atoms with E-state index >= 15 is 0 Å². The molecule has 3 saturated heterocycles. The summed E-state index contributed by atoms with van der Waals surface area (Å²) >= 11 is 0. The van der Waals surface area contributed by atoms with Gasteiger partial charge in [-0.2, -0.15) is 0 Å². The van der Waals surface area contributed by atoms with Crippen LogP contribution in [0.3, 0.4) is 0 Å². The van der Waals surface area contributed by atoms with E-state index in [1.165, 1.54) is 0 Å². The molecule has 0 N–H and O–H groups in total. The van der Waals surface area contributed by atoms with Crippen LogP contribution in [-0.2, 0) is 14.2 Å². The first-order chi connectivity index (χ1) is 22.7. The molecule has 3 aliphatic rings. The predicted molar refractivity (Wildman–Crippen MR) is 177 cm³/mol. The number of hydrogen-bond acceptors (Lipinski definition) is 7. The van der Waals surface area contributed by atoms with Crippen molar-refractivity contribution < 1.29 is 33.2 Å². The molecule has 46 heavy (non-hydrogen) atoms. The number of epoxide rings is 2. The second-order valence-corrected chi connectivity index (χ2v) is 12.1. The average Bonchev–Trinajstić information content (AvgIpc) is 4.00. The van der Waals surface area contributed by atoms with Gasteiger partial charge in [0, 0.05) is 5.56 Å². The fourth-order valence-corrected chi connectivity index (χ4v) is 5.88. The summed E-state index contributed by atoms with van der Waals surface area (Å²) in [5.41, 5.74) is 2.07. The summed E-state index contributed by atoms with van der Waals surface area (Å²) in [4.78, 5) is 0.